The van der Waals surface area contributed by atoms with Gasteiger partial charge < -0.3 is 99.0 Å². The molecule has 6 amide bonds. The van der Waals surface area contributed by atoms with Gasteiger partial charge in [-0.2, -0.15) is 0 Å². The molecule has 0 saturated carbocycles. The van der Waals surface area contributed by atoms with Crippen molar-refractivity contribution in [2.45, 2.75) is 75.3 Å². The molecule has 0 radical (unpaired) electrons. The number of nitrogens with one attached hydrogen (secondary N) is 4. The lowest BCUT2D eigenvalue weighted by Crippen LogP contribution is -2.61. The van der Waals surface area contributed by atoms with E-state index in [1.54, 1.807) is 14.1 Å². The van der Waals surface area contributed by atoms with Crippen molar-refractivity contribution in [3.63, 3.8) is 0 Å². The summed E-state index contributed by atoms with van der Waals surface area (Å²) in [6.45, 7) is 4.77. The fourth-order valence-electron chi connectivity index (χ4n) is 9.11. The number of aliphatic carboxylic acids is 1. The number of aliphatic hydroxyl groups is 4. The van der Waals surface area contributed by atoms with E-state index in [1.165, 1.54) is 63.9 Å². The van der Waals surface area contributed by atoms with E-state index in [1.807, 2.05) is 19.0 Å². The van der Waals surface area contributed by atoms with Gasteiger partial charge in [-0.15, -0.1) is 0 Å². The lowest BCUT2D eigenvalue weighted by atomic mass is 9.99. The van der Waals surface area contributed by atoms with Crippen LogP contribution in [0.3, 0.4) is 0 Å². The number of imidazole rings is 2. The van der Waals surface area contributed by atoms with Crippen LogP contribution in [0.25, 0.3) is 0 Å². The summed E-state index contributed by atoms with van der Waals surface area (Å²) in [6.07, 6.45) is -8.99. The van der Waals surface area contributed by atoms with Crippen LogP contribution in [0.4, 0.5) is 22.1 Å². The number of carbonyl (C=O) groups excluding carboxylic acids is 6. The summed E-state index contributed by atoms with van der Waals surface area (Å²) in [5.41, 5.74) is 0.320. The molecule has 83 heavy (non-hydrogen) atoms. The molecule has 0 spiro atoms. The van der Waals surface area contributed by atoms with Crippen molar-refractivity contribution in [3.05, 3.63) is 83.2 Å². The van der Waals surface area contributed by atoms with Gasteiger partial charge in [0.2, 0.25) is 23.8 Å². The molecule has 31 heteroatoms. The van der Waals surface area contributed by atoms with Crippen LogP contribution in [0.5, 0.6) is 17.2 Å². The van der Waals surface area contributed by atoms with Crippen LogP contribution in [0.1, 0.15) is 73.2 Å². The first kappa shape index (κ1) is 62.3. The van der Waals surface area contributed by atoms with Gasteiger partial charge in [0.15, 0.2) is 35.5 Å². The van der Waals surface area contributed by atoms with E-state index in [-0.39, 0.29) is 122 Å². The molecular weight excluding hydrogens is 1100 g/mol. The highest BCUT2D eigenvalue weighted by Crippen LogP contribution is 2.42. The van der Waals surface area contributed by atoms with Crippen molar-refractivity contribution in [2.24, 2.45) is 20.0 Å². The number of carboxylic acids is 1. The Hall–Kier alpha value is -8.27. The Balaban J connectivity index is 1.02. The first-order chi connectivity index (χ1) is 39.6. The number of carboxylic acid groups (broad SMARTS) is 1. The SMILES string of the molecule is C=C1C[C@H]2C(O)N(C(=O)OCc3ccc(O[C@@H]4O[C@H](C(=O)O)[C@@H](O)[C@H](O)[C@H]4O)c(C(=O)NCCOCCON)c3)c3cc(OCCCC(=O)Nc4cn(C)c(C(=O)Nc5cn(C)c(C(=O)NCCCN(C)C)n5)n4)c(OC)cc3C(=O)N2C1. The third kappa shape index (κ3) is 15.2. The smallest absolute Gasteiger partial charge is 0.416 e. The Kier molecular flexibility index (Phi) is 21.1. The van der Waals surface area contributed by atoms with Crippen molar-refractivity contribution >= 4 is 58.9 Å². The second kappa shape index (κ2) is 28.1. The Morgan fingerprint density at radius 3 is 2.22 bits per heavy atom. The number of rotatable bonds is 26. The molecule has 0 aliphatic carbocycles. The van der Waals surface area contributed by atoms with E-state index in [9.17, 15) is 59.1 Å². The largest absolute Gasteiger partial charge is 0.493 e. The van der Waals surface area contributed by atoms with E-state index >= 15 is 0 Å². The molecule has 450 valence electrons. The molecule has 31 nitrogen and oxygen atoms in total. The lowest BCUT2D eigenvalue weighted by Gasteiger charge is -2.38. The van der Waals surface area contributed by atoms with Gasteiger partial charge in [-0.05, 0) is 63.7 Å². The highest BCUT2D eigenvalue weighted by Gasteiger charge is 2.49. The number of anilines is 3. The summed E-state index contributed by atoms with van der Waals surface area (Å²) in [5, 5.41) is 63.5. The number of benzene rings is 2. The average Bonchev–Trinajstić information content (AvgIpc) is 2.64. The third-order valence-electron chi connectivity index (χ3n) is 13.3. The average molecular weight is 1170 g/mol. The normalized spacial score (nSPS) is 20.3. The van der Waals surface area contributed by atoms with Crippen molar-refractivity contribution in [2.75, 3.05) is 89.3 Å². The number of nitrogens with zero attached hydrogens (tertiary/aromatic N) is 7. The van der Waals surface area contributed by atoms with E-state index in [4.69, 9.17) is 34.3 Å². The van der Waals surface area contributed by atoms with E-state index in [0.29, 0.717) is 12.1 Å². The van der Waals surface area contributed by atoms with Crippen molar-refractivity contribution in [1.29, 1.82) is 0 Å². The molecule has 7 rings (SSSR count). The first-order valence-electron chi connectivity index (χ1n) is 26.1. The number of aromatic nitrogens is 4. The molecule has 2 aromatic heterocycles. The molecule has 11 N–H and O–H groups in total. The monoisotopic (exact) mass is 1160 g/mol. The zero-order valence-corrected chi connectivity index (χ0v) is 46.1. The molecule has 2 saturated heterocycles. The minimum atomic E-state index is -2.02. The summed E-state index contributed by atoms with van der Waals surface area (Å²) in [5.74, 6) is 0.470. The maximum absolute atomic E-state index is 14.4. The Morgan fingerprint density at radius 2 is 1.53 bits per heavy atom. The maximum atomic E-state index is 14.4. The number of nitrogens with two attached hydrogens (primary N) is 1. The molecule has 2 aromatic carbocycles. The van der Waals surface area contributed by atoms with Crippen LogP contribution >= 0.6 is 0 Å². The molecule has 4 aromatic rings. The van der Waals surface area contributed by atoms with Gasteiger partial charge in [-0.25, -0.2) is 30.4 Å². The summed E-state index contributed by atoms with van der Waals surface area (Å²) in [4.78, 5) is 110. The van der Waals surface area contributed by atoms with Crippen molar-refractivity contribution in [1.82, 2.24) is 39.5 Å². The number of hydrogen-bond donors (Lipinski definition) is 10. The highest BCUT2D eigenvalue weighted by atomic mass is 16.7. The Morgan fingerprint density at radius 1 is 0.831 bits per heavy atom. The molecule has 7 atom stereocenters. The lowest BCUT2D eigenvalue weighted by molar-refractivity contribution is -0.271. The molecule has 0 bridgehead atoms. The van der Waals surface area contributed by atoms with Crippen LogP contribution in [0, 0.1) is 0 Å². The summed E-state index contributed by atoms with van der Waals surface area (Å²) in [7, 11) is 8.37. The quantitative estimate of drug-likeness (QED) is 0.0206. The van der Waals surface area contributed by atoms with E-state index in [2.05, 4.69) is 42.7 Å². The Bertz CT molecular complexity index is 3040. The van der Waals surface area contributed by atoms with Crippen molar-refractivity contribution < 1.29 is 92.4 Å². The topological polar surface area (TPSA) is 405 Å². The number of carbonyl (C=O) groups is 7. The molecule has 3 aliphatic rings. The number of hydrogen-bond acceptors (Lipinski definition) is 22. The standard InChI is InChI=1S/C52H68N12O19/c1-27-19-32-49(73)64(52(76)80-26-28-10-11-33(30(20-28)45(69)55-13-16-78-17-18-81-53)82-51-41(68)39(66)40(67)42(83-51)50(74)75)31-22-35(34(77-6)21-29(31)48(72)63(32)23-27)79-15-7-9-38(65)56-36-24-62(5)44(57-36)47(71)59-37-25-61(4)43(58-37)46(70)54-12-8-14-60(2)3/h10-11,20-22,24-25,32,39-42,49,51,66-68,73H,1,7-9,12-19,23,26,53H2,2-6H3,(H,54,70)(H,55,69)(H,56,65)(H,59,71)(H,74,75)/t32-,39-,40-,41+,42-,49?,51+/m0/s1. The van der Waals surface area contributed by atoms with Gasteiger partial charge in [0.25, 0.3) is 23.6 Å². The van der Waals surface area contributed by atoms with E-state index in [0.717, 1.165) is 17.9 Å². The zero-order chi connectivity index (χ0) is 60.2. The van der Waals surface area contributed by atoms with Gasteiger partial charge in [0.1, 0.15) is 30.7 Å². The predicted molar refractivity (Wildman–Crippen MR) is 288 cm³/mol. The highest BCUT2D eigenvalue weighted by molar-refractivity contribution is 6.06. The second-order valence-electron chi connectivity index (χ2n) is 19.7. The summed E-state index contributed by atoms with van der Waals surface area (Å²) in [6, 6.07) is 5.51. The third-order valence-corrected chi connectivity index (χ3v) is 13.3. The number of aliphatic hydroxyl groups excluding tert-OH is 4. The maximum Gasteiger partial charge on any atom is 0.416 e. The van der Waals surface area contributed by atoms with Gasteiger partial charge in [0.05, 0.1) is 56.4 Å². The second-order valence-corrected chi connectivity index (χ2v) is 19.7. The zero-order valence-electron chi connectivity index (χ0n) is 46.1. The fraction of sp³-hybridized carbons (Fsp3) is 0.481. The van der Waals surface area contributed by atoms with Crippen LogP contribution in [-0.2, 0) is 49.3 Å². The van der Waals surface area contributed by atoms with Crippen LogP contribution in [0.2, 0.25) is 0 Å². The Labute approximate surface area is 474 Å². The van der Waals surface area contributed by atoms with Crippen LogP contribution in [0.15, 0.2) is 54.9 Å². The number of aryl methyl sites for hydroxylation is 2. The van der Waals surface area contributed by atoms with Crippen LogP contribution in [-0.4, -0.2) is 213 Å². The van der Waals surface area contributed by atoms with Gasteiger partial charge in [-0.3, -0.25) is 24.0 Å². The van der Waals surface area contributed by atoms with Crippen LogP contribution < -0.4 is 46.3 Å². The number of amides is 6. The molecule has 5 heterocycles. The predicted octanol–water partition coefficient (Wildman–Crippen LogP) is -0.953. The summed E-state index contributed by atoms with van der Waals surface area (Å²) < 4.78 is 36.7. The summed E-state index contributed by atoms with van der Waals surface area (Å²) >= 11 is 0. The number of methoxy groups -OCH3 is 1. The fourth-order valence-corrected chi connectivity index (χ4v) is 9.11. The molecule has 3 aliphatic heterocycles. The molecule has 1 unspecified atom stereocenters. The van der Waals surface area contributed by atoms with Gasteiger partial charge in [0, 0.05) is 58.6 Å². The van der Waals surface area contributed by atoms with Gasteiger partial charge in [-0.1, -0.05) is 18.2 Å². The van der Waals surface area contributed by atoms with Crippen molar-refractivity contribution in [3.8, 4) is 17.2 Å². The van der Waals surface area contributed by atoms with Gasteiger partial charge >= 0.3 is 12.1 Å². The minimum Gasteiger partial charge on any atom is -0.493 e. The first-order valence-corrected chi connectivity index (χ1v) is 26.1. The molecule has 2 fully saturated rings. The van der Waals surface area contributed by atoms with E-state index < -0.39 is 91.2 Å². The minimum absolute atomic E-state index is 0.0123. The number of ether oxygens (including phenoxy) is 6. The molecular formula is C52H68N12O19. The number of fused-ring (bicyclic) bond motifs is 2.